The number of pyridine rings is 1. The summed E-state index contributed by atoms with van der Waals surface area (Å²) in [5, 5.41) is 10.3. The molecule has 0 amide bonds. The predicted octanol–water partition coefficient (Wildman–Crippen LogP) is 2.35. The molecule has 4 heteroatoms. The summed E-state index contributed by atoms with van der Waals surface area (Å²) in [6, 6.07) is 3.88. The van der Waals surface area contributed by atoms with E-state index in [4.69, 9.17) is 4.74 Å². The number of ether oxygens (including phenoxy) is 1. The van der Waals surface area contributed by atoms with Crippen LogP contribution in [0, 0.1) is 0 Å². The van der Waals surface area contributed by atoms with Crippen LogP contribution in [0.2, 0.25) is 0 Å². The van der Waals surface area contributed by atoms with E-state index in [1.807, 2.05) is 22.9 Å². The van der Waals surface area contributed by atoms with Crippen molar-refractivity contribution < 1.29 is 9.84 Å². The number of fused-ring (bicyclic) bond motifs is 1. The van der Waals surface area contributed by atoms with Crippen molar-refractivity contribution in [1.29, 1.82) is 0 Å². The smallest absolute Gasteiger partial charge is 0.140 e. The van der Waals surface area contributed by atoms with Crippen LogP contribution in [-0.2, 0) is 17.9 Å². The summed E-state index contributed by atoms with van der Waals surface area (Å²) >= 11 is 0. The van der Waals surface area contributed by atoms with Gasteiger partial charge in [-0.2, -0.15) is 0 Å². The van der Waals surface area contributed by atoms with Gasteiger partial charge in [0.15, 0.2) is 0 Å². The molecule has 0 atom stereocenters. The Labute approximate surface area is 107 Å². The number of aliphatic hydroxyl groups is 1. The van der Waals surface area contributed by atoms with Gasteiger partial charge in [-0.1, -0.05) is 13.3 Å². The van der Waals surface area contributed by atoms with Crippen molar-refractivity contribution in [3.8, 4) is 0 Å². The molecule has 0 aliphatic rings. The monoisotopic (exact) mass is 248 g/mol. The van der Waals surface area contributed by atoms with Crippen molar-refractivity contribution >= 4 is 11.0 Å². The minimum Gasteiger partial charge on any atom is -0.392 e. The number of aliphatic hydroxyl groups excluding tert-OH is 1. The number of hydrogen-bond acceptors (Lipinski definition) is 3. The topological polar surface area (TPSA) is 47.3 Å². The van der Waals surface area contributed by atoms with Crippen molar-refractivity contribution in [3.05, 3.63) is 30.1 Å². The molecule has 2 rings (SSSR count). The van der Waals surface area contributed by atoms with Gasteiger partial charge < -0.3 is 14.4 Å². The quantitative estimate of drug-likeness (QED) is 0.765. The molecule has 1 N–H and O–H groups in total. The molecule has 0 unspecified atom stereocenters. The fraction of sp³-hybridized carbons (Fsp3) is 0.500. The number of rotatable bonds is 7. The molecular formula is C14H20N2O2. The fourth-order valence-electron chi connectivity index (χ4n) is 2.00. The lowest BCUT2D eigenvalue weighted by molar-refractivity contribution is 0.124. The van der Waals surface area contributed by atoms with Gasteiger partial charge in [-0.15, -0.1) is 0 Å². The number of unbranched alkanes of at least 4 members (excludes halogenated alkanes) is 1. The number of aromatic nitrogens is 2. The molecule has 2 aromatic rings. The van der Waals surface area contributed by atoms with E-state index in [0.717, 1.165) is 42.6 Å². The van der Waals surface area contributed by atoms with E-state index < -0.39 is 0 Å². The van der Waals surface area contributed by atoms with Crippen LogP contribution in [0.15, 0.2) is 24.5 Å². The standard InChI is InChI=1S/C14H20N2O2/c1-2-3-8-18-9-7-16-10-12(11-17)13-5-4-6-15-14(13)16/h4-6,10,17H,2-3,7-9,11H2,1H3. The molecule has 0 aromatic carbocycles. The van der Waals surface area contributed by atoms with E-state index >= 15 is 0 Å². The highest BCUT2D eigenvalue weighted by Gasteiger charge is 2.07. The maximum Gasteiger partial charge on any atom is 0.140 e. The fourth-order valence-corrected chi connectivity index (χ4v) is 2.00. The van der Waals surface area contributed by atoms with Crippen molar-refractivity contribution in [2.75, 3.05) is 13.2 Å². The SMILES string of the molecule is CCCCOCCn1cc(CO)c2cccnc21. The Morgan fingerprint density at radius 1 is 1.39 bits per heavy atom. The van der Waals surface area contributed by atoms with Crippen LogP contribution in [0.5, 0.6) is 0 Å². The summed E-state index contributed by atoms with van der Waals surface area (Å²) in [4.78, 5) is 4.36. The normalized spacial score (nSPS) is 11.2. The largest absolute Gasteiger partial charge is 0.392 e. The Morgan fingerprint density at radius 2 is 2.28 bits per heavy atom. The van der Waals surface area contributed by atoms with E-state index in [9.17, 15) is 5.11 Å². The Hall–Kier alpha value is -1.39. The lowest BCUT2D eigenvalue weighted by Gasteiger charge is -2.05. The highest BCUT2D eigenvalue weighted by Crippen LogP contribution is 2.19. The van der Waals surface area contributed by atoms with Crippen molar-refractivity contribution in [3.63, 3.8) is 0 Å². The van der Waals surface area contributed by atoms with Gasteiger partial charge in [0.1, 0.15) is 5.65 Å². The van der Waals surface area contributed by atoms with E-state index in [0.29, 0.717) is 6.61 Å². The molecular weight excluding hydrogens is 228 g/mol. The minimum absolute atomic E-state index is 0.0475. The second-order valence-electron chi connectivity index (χ2n) is 4.35. The molecule has 0 saturated heterocycles. The predicted molar refractivity (Wildman–Crippen MR) is 71.4 cm³/mol. The minimum atomic E-state index is 0.0475. The van der Waals surface area contributed by atoms with Gasteiger partial charge in [-0.05, 0) is 18.6 Å². The summed E-state index contributed by atoms with van der Waals surface area (Å²) in [5.74, 6) is 0. The Bertz CT molecular complexity index is 493. The van der Waals surface area contributed by atoms with Gasteiger partial charge in [0.25, 0.3) is 0 Å². The molecule has 98 valence electrons. The molecule has 0 aliphatic heterocycles. The first-order chi connectivity index (χ1) is 8.86. The zero-order valence-electron chi connectivity index (χ0n) is 10.8. The third-order valence-electron chi connectivity index (χ3n) is 3.01. The Balaban J connectivity index is 2.04. The third kappa shape index (κ3) is 2.89. The van der Waals surface area contributed by atoms with E-state index in [2.05, 4.69) is 11.9 Å². The maximum atomic E-state index is 9.32. The van der Waals surface area contributed by atoms with Gasteiger partial charge in [0, 0.05) is 36.5 Å². The molecule has 0 radical (unpaired) electrons. The molecule has 0 spiro atoms. The van der Waals surface area contributed by atoms with Gasteiger partial charge in [-0.3, -0.25) is 0 Å². The number of nitrogens with zero attached hydrogens (tertiary/aromatic N) is 2. The van der Waals surface area contributed by atoms with Crippen molar-refractivity contribution in [2.45, 2.75) is 32.9 Å². The van der Waals surface area contributed by atoms with Crippen LogP contribution in [0.25, 0.3) is 11.0 Å². The van der Waals surface area contributed by atoms with E-state index in [1.165, 1.54) is 0 Å². The van der Waals surface area contributed by atoms with Crippen LogP contribution >= 0.6 is 0 Å². The second kappa shape index (κ2) is 6.52. The van der Waals surface area contributed by atoms with Crippen molar-refractivity contribution in [1.82, 2.24) is 9.55 Å². The lowest BCUT2D eigenvalue weighted by Crippen LogP contribution is -2.06. The van der Waals surface area contributed by atoms with Gasteiger partial charge in [0.05, 0.1) is 13.2 Å². The van der Waals surface area contributed by atoms with Crippen LogP contribution in [-0.4, -0.2) is 27.9 Å². The average molecular weight is 248 g/mol. The highest BCUT2D eigenvalue weighted by molar-refractivity contribution is 5.80. The summed E-state index contributed by atoms with van der Waals surface area (Å²) in [7, 11) is 0. The van der Waals surface area contributed by atoms with E-state index in [1.54, 1.807) is 6.20 Å². The Morgan fingerprint density at radius 3 is 3.06 bits per heavy atom. The average Bonchev–Trinajstić information content (AvgIpc) is 2.77. The molecule has 18 heavy (non-hydrogen) atoms. The first-order valence-corrected chi connectivity index (χ1v) is 6.48. The number of hydrogen-bond donors (Lipinski definition) is 1. The summed E-state index contributed by atoms with van der Waals surface area (Å²) < 4.78 is 7.61. The first-order valence-electron chi connectivity index (χ1n) is 6.48. The summed E-state index contributed by atoms with van der Waals surface area (Å²) in [6.07, 6.45) is 5.99. The molecule has 4 nitrogen and oxygen atoms in total. The Kier molecular flexibility index (Phi) is 4.73. The molecule has 2 heterocycles. The molecule has 0 aliphatic carbocycles. The van der Waals surface area contributed by atoms with Gasteiger partial charge >= 0.3 is 0 Å². The van der Waals surface area contributed by atoms with Crippen LogP contribution in [0.1, 0.15) is 25.3 Å². The second-order valence-corrected chi connectivity index (χ2v) is 4.35. The zero-order valence-corrected chi connectivity index (χ0v) is 10.8. The van der Waals surface area contributed by atoms with E-state index in [-0.39, 0.29) is 6.61 Å². The van der Waals surface area contributed by atoms with Crippen LogP contribution in [0.3, 0.4) is 0 Å². The zero-order chi connectivity index (χ0) is 12.8. The summed E-state index contributed by atoms with van der Waals surface area (Å²) in [6.45, 7) is 4.48. The molecule has 0 fully saturated rings. The van der Waals surface area contributed by atoms with Crippen molar-refractivity contribution in [2.24, 2.45) is 0 Å². The van der Waals surface area contributed by atoms with Crippen LogP contribution < -0.4 is 0 Å². The molecule has 0 bridgehead atoms. The van der Waals surface area contributed by atoms with Gasteiger partial charge in [-0.25, -0.2) is 4.98 Å². The highest BCUT2D eigenvalue weighted by atomic mass is 16.5. The molecule has 0 saturated carbocycles. The van der Waals surface area contributed by atoms with Gasteiger partial charge in [0.2, 0.25) is 0 Å². The maximum absolute atomic E-state index is 9.32. The summed E-state index contributed by atoms with van der Waals surface area (Å²) in [5.41, 5.74) is 1.84. The first kappa shape index (κ1) is 13.1. The molecule has 2 aromatic heterocycles. The third-order valence-corrected chi connectivity index (χ3v) is 3.01. The lowest BCUT2D eigenvalue weighted by atomic mass is 10.2. The van der Waals surface area contributed by atoms with Crippen LogP contribution in [0.4, 0.5) is 0 Å².